The van der Waals surface area contributed by atoms with E-state index in [0.29, 0.717) is 31.9 Å². The molecule has 1 aliphatic heterocycles. The number of rotatable bonds is 12. The molecule has 41 heavy (non-hydrogen) atoms. The molecule has 2 N–H and O–H groups in total. The maximum Gasteiger partial charge on any atom is 0.248 e. The largest absolute Gasteiger partial charge is 0.497 e. The fourth-order valence-electron chi connectivity index (χ4n) is 6.16. The number of aromatic nitrogens is 2. The summed E-state index contributed by atoms with van der Waals surface area (Å²) in [5.41, 5.74) is 3.07. The van der Waals surface area contributed by atoms with Crippen LogP contribution in [0.5, 0.6) is 5.75 Å². The SMILES string of the molecule is COc1ccc(C[C@@H](NC(=O)CCc2c[nH]cn2)C(=O)N2CC[C@]2(OCC2CCCCC2)c2ccccc2C)cc1. The van der Waals surface area contributed by atoms with E-state index >= 15 is 0 Å². The average Bonchev–Trinajstić information content (AvgIpc) is 3.51. The summed E-state index contributed by atoms with van der Waals surface area (Å²) in [7, 11) is 1.63. The zero-order chi connectivity index (χ0) is 28.7. The minimum atomic E-state index is -0.822. The van der Waals surface area contributed by atoms with Gasteiger partial charge in [0, 0.05) is 37.6 Å². The molecule has 5 rings (SSSR count). The number of amides is 2. The molecule has 0 bridgehead atoms. The Balaban J connectivity index is 1.38. The highest BCUT2D eigenvalue weighted by Gasteiger charge is 2.52. The summed E-state index contributed by atoms with van der Waals surface area (Å²) in [5, 5.41) is 3.06. The zero-order valence-electron chi connectivity index (χ0n) is 24.2. The number of benzene rings is 2. The van der Waals surface area contributed by atoms with Crippen LogP contribution in [0.15, 0.2) is 61.1 Å². The number of nitrogens with zero attached hydrogens (tertiary/aromatic N) is 2. The van der Waals surface area contributed by atoms with E-state index in [0.717, 1.165) is 34.6 Å². The molecular formula is C33H42N4O4. The molecule has 8 heteroatoms. The molecule has 1 aliphatic carbocycles. The van der Waals surface area contributed by atoms with Crippen molar-refractivity contribution < 1.29 is 19.1 Å². The molecule has 2 aliphatic rings. The lowest BCUT2D eigenvalue weighted by atomic mass is 9.84. The van der Waals surface area contributed by atoms with Gasteiger partial charge >= 0.3 is 0 Å². The molecule has 2 atom stereocenters. The number of ether oxygens (including phenoxy) is 2. The number of aromatic amines is 1. The number of H-pyrrole nitrogens is 1. The second kappa shape index (κ2) is 13.3. The second-order valence-electron chi connectivity index (χ2n) is 11.4. The average molecular weight is 559 g/mol. The van der Waals surface area contributed by atoms with Crippen molar-refractivity contribution in [1.82, 2.24) is 20.2 Å². The molecule has 2 heterocycles. The van der Waals surface area contributed by atoms with Gasteiger partial charge in [-0.3, -0.25) is 9.59 Å². The van der Waals surface area contributed by atoms with Crippen LogP contribution >= 0.6 is 0 Å². The smallest absolute Gasteiger partial charge is 0.248 e. The third kappa shape index (κ3) is 6.81. The van der Waals surface area contributed by atoms with Crippen LogP contribution in [-0.4, -0.2) is 53.0 Å². The van der Waals surface area contributed by atoms with Gasteiger partial charge in [-0.1, -0.05) is 55.7 Å². The van der Waals surface area contributed by atoms with Crippen molar-refractivity contribution in [3.05, 3.63) is 83.4 Å². The van der Waals surface area contributed by atoms with Crippen LogP contribution in [0, 0.1) is 12.8 Å². The molecule has 8 nitrogen and oxygen atoms in total. The van der Waals surface area contributed by atoms with Crippen LogP contribution in [-0.2, 0) is 32.9 Å². The van der Waals surface area contributed by atoms with Gasteiger partial charge < -0.3 is 24.7 Å². The Hall–Kier alpha value is -3.65. The van der Waals surface area contributed by atoms with Gasteiger partial charge in [0.2, 0.25) is 11.8 Å². The lowest BCUT2D eigenvalue weighted by molar-refractivity contribution is -0.233. The monoisotopic (exact) mass is 558 g/mol. The maximum absolute atomic E-state index is 14.4. The molecule has 218 valence electrons. The summed E-state index contributed by atoms with van der Waals surface area (Å²) in [6, 6.07) is 15.1. The highest BCUT2D eigenvalue weighted by molar-refractivity contribution is 5.89. The van der Waals surface area contributed by atoms with Gasteiger partial charge in [-0.15, -0.1) is 0 Å². The Bertz CT molecular complexity index is 1290. The maximum atomic E-state index is 14.4. The number of imidazole rings is 1. The Kier molecular flexibility index (Phi) is 9.39. The molecule has 1 saturated heterocycles. The minimum Gasteiger partial charge on any atom is -0.497 e. The van der Waals surface area contributed by atoms with Crippen LogP contribution in [0.2, 0.25) is 0 Å². The standard InChI is InChI=1S/C33H42N4O4/c1-24-8-6-7-11-29(24)33(41-22-26-9-4-3-5-10-26)18-19-37(33)32(39)30(20-25-12-15-28(40-2)16-13-25)36-31(38)17-14-27-21-34-23-35-27/h6-8,11-13,15-16,21,23,26,30H,3-5,9-10,14,17-20,22H2,1-2H3,(H,34,35)(H,36,38)/t30-,33+/m1/s1. The van der Waals surface area contributed by atoms with Crippen molar-refractivity contribution in [2.24, 2.45) is 5.92 Å². The third-order valence-electron chi connectivity index (χ3n) is 8.62. The Morgan fingerprint density at radius 3 is 2.56 bits per heavy atom. The van der Waals surface area contributed by atoms with E-state index in [-0.39, 0.29) is 18.2 Å². The summed E-state index contributed by atoms with van der Waals surface area (Å²) in [4.78, 5) is 36.5. The Labute approximate surface area is 242 Å². The van der Waals surface area contributed by atoms with Crippen LogP contribution in [0.4, 0.5) is 0 Å². The Morgan fingerprint density at radius 1 is 1.12 bits per heavy atom. The first-order chi connectivity index (χ1) is 20.0. The molecule has 2 amide bonds. The second-order valence-corrected chi connectivity index (χ2v) is 11.4. The number of hydrogen-bond acceptors (Lipinski definition) is 5. The van der Waals surface area contributed by atoms with E-state index in [1.165, 1.54) is 32.1 Å². The number of carbonyl (C=O) groups is 2. The third-order valence-corrected chi connectivity index (χ3v) is 8.62. The fourth-order valence-corrected chi connectivity index (χ4v) is 6.16. The van der Waals surface area contributed by atoms with E-state index in [9.17, 15) is 9.59 Å². The minimum absolute atomic E-state index is 0.118. The van der Waals surface area contributed by atoms with Crippen molar-refractivity contribution in [2.75, 3.05) is 20.3 Å². The van der Waals surface area contributed by atoms with Crippen LogP contribution < -0.4 is 10.1 Å². The van der Waals surface area contributed by atoms with Crippen molar-refractivity contribution in [2.45, 2.75) is 76.5 Å². The van der Waals surface area contributed by atoms with E-state index in [4.69, 9.17) is 9.47 Å². The van der Waals surface area contributed by atoms with Gasteiger partial charge in [-0.25, -0.2) is 4.98 Å². The van der Waals surface area contributed by atoms with Gasteiger partial charge in [0.15, 0.2) is 5.72 Å². The summed E-state index contributed by atoms with van der Waals surface area (Å²) in [5.74, 6) is 0.966. The molecule has 1 aromatic heterocycles. The molecule has 2 fully saturated rings. The van der Waals surface area contributed by atoms with Crippen LogP contribution in [0.3, 0.4) is 0 Å². The number of methoxy groups -OCH3 is 1. The van der Waals surface area contributed by atoms with Crippen LogP contribution in [0.25, 0.3) is 0 Å². The van der Waals surface area contributed by atoms with Gasteiger partial charge in [0.25, 0.3) is 0 Å². The predicted octanol–water partition coefficient (Wildman–Crippen LogP) is 5.07. The first kappa shape index (κ1) is 28.9. The summed E-state index contributed by atoms with van der Waals surface area (Å²) >= 11 is 0. The first-order valence-electron chi connectivity index (χ1n) is 14.9. The van der Waals surface area contributed by atoms with Crippen molar-refractivity contribution in [1.29, 1.82) is 0 Å². The normalized spacial score (nSPS) is 19.8. The Morgan fingerprint density at radius 2 is 1.90 bits per heavy atom. The number of aryl methyl sites for hydroxylation is 2. The number of nitrogens with one attached hydrogen (secondary N) is 2. The number of hydrogen-bond donors (Lipinski definition) is 2. The molecule has 2 aromatic carbocycles. The fraction of sp³-hybridized carbons (Fsp3) is 0.485. The highest BCUT2D eigenvalue weighted by atomic mass is 16.5. The first-order valence-corrected chi connectivity index (χ1v) is 14.9. The van der Waals surface area contributed by atoms with E-state index in [2.05, 4.69) is 34.3 Å². The van der Waals surface area contributed by atoms with Crippen molar-refractivity contribution in [3.8, 4) is 5.75 Å². The quantitative estimate of drug-likeness (QED) is 0.324. The molecule has 1 saturated carbocycles. The van der Waals surface area contributed by atoms with E-state index in [1.807, 2.05) is 41.3 Å². The van der Waals surface area contributed by atoms with Crippen LogP contribution in [0.1, 0.15) is 67.3 Å². The number of carbonyl (C=O) groups excluding carboxylic acids is 2. The van der Waals surface area contributed by atoms with Gasteiger partial charge in [0.1, 0.15) is 11.8 Å². The highest BCUT2D eigenvalue weighted by Crippen LogP contribution is 2.44. The van der Waals surface area contributed by atoms with Crippen molar-refractivity contribution in [3.63, 3.8) is 0 Å². The predicted molar refractivity (Wildman–Crippen MR) is 157 cm³/mol. The van der Waals surface area contributed by atoms with Gasteiger partial charge in [0.05, 0.1) is 25.7 Å². The van der Waals surface area contributed by atoms with Crippen molar-refractivity contribution >= 4 is 11.8 Å². The summed E-state index contributed by atoms with van der Waals surface area (Å²) in [6.07, 6.45) is 11.4. The molecular weight excluding hydrogens is 516 g/mol. The van der Waals surface area contributed by atoms with Gasteiger partial charge in [-0.2, -0.15) is 0 Å². The molecule has 3 aromatic rings. The molecule has 0 spiro atoms. The topological polar surface area (TPSA) is 96.5 Å². The summed E-state index contributed by atoms with van der Waals surface area (Å²) < 4.78 is 12.1. The van der Waals surface area contributed by atoms with Gasteiger partial charge in [-0.05, 0) is 55.4 Å². The lowest BCUT2D eigenvalue weighted by Crippen LogP contribution is -2.65. The lowest BCUT2D eigenvalue weighted by Gasteiger charge is -2.54. The van der Waals surface area contributed by atoms with E-state index < -0.39 is 11.8 Å². The van der Waals surface area contributed by atoms with E-state index in [1.54, 1.807) is 19.6 Å². The zero-order valence-corrected chi connectivity index (χ0v) is 24.2. The molecule has 0 radical (unpaired) electrons. The number of likely N-dealkylation sites (tertiary alicyclic amines) is 1. The summed E-state index contributed by atoms with van der Waals surface area (Å²) in [6.45, 7) is 3.30. The molecule has 0 unspecified atom stereocenters.